The largest absolute Gasteiger partial charge is 0.340 e. The molecule has 3 aromatic rings. The lowest BCUT2D eigenvalue weighted by molar-refractivity contribution is -0.130. The fourth-order valence-electron chi connectivity index (χ4n) is 4.03. The highest BCUT2D eigenvalue weighted by molar-refractivity contribution is 5.84. The van der Waals surface area contributed by atoms with E-state index in [0.717, 1.165) is 31.6 Å². The summed E-state index contributed by atoms with van der Waals surface area (Å²) < 4.78 is 2.07. The van der Waals surface area contributed by atoms with Gasteiger partial charge in [0.25, 0.3) is 0 Å². The molecule has 4 heteroatoms. The number of nitrogens with zero attached hydrogens (tertiary/aromatic N) is 3. The Morgan fingerprint density at radius 1 is 1.15 bits per heavy atom. The van der Waals surface area contributed by atoms with Crippen molar-refractivity contribution < 1.29 is 4.79 Å². The number of rotatable bonds is 5. The van der Waals surface area contributed by atoms with Crippen LogP contribution in [0.3, 0.4) is 0 Å². The van der Waals surface area contributed by atoms with E-state index in [1.807, 2.05) is 17.2 Å². The highest BCUT2D eigenvalue weighted by atomic mass is 16.2. The van der Waals surface area contributed by atoms with Crippen molar-refractivity contribution in [2.75, 3.05) is 20.1 Å². The van der Waals surface area contributed by atoms with Gasteiger partial charge in [0.2, 0.25) is 5.91 Å². The quantitative estimate of drug-likeness (QED) is 0.693. The second-order valence-corrected chi connectivity index (χ2v) is 7.69. The number of aryl methyl sites for hydroxylation is 1. The molecule has 1 atom stereocenters. The SMILES string of the molecule is Cc1ccc2c(ccn2CC(=O)N2CCC(N(C)Cc3ccccc3)C2)c1. The zero-order chi connectivity index (χ0) is 18.8. The second kappa shape index (κ2) is 7.57. The van der Waals surface area contributed by atoms with Crippen LogP contribution in [0.25, 0.3) is 10.9 Å². The molecular formula is C23H27N3O. The molecule has 0 spiro atoms. The topological polar surface area (TPSA) is 28.5 Å². The summed E-state index contributed by atoms with van der Waals surface area (Å²) in [6.07, 6.45) is 3.07. The van der Waals surface area contributed by atoms with Gasteiger partial charge in [0.05, 0.1) is 0 Å². The predicted molar refractivity (Wildman–Crippen MR) is 110 cm³/mol. The van der Waals surface area contributed by atoms with Crippen LogP contribution in [-0.4, -0.2) is 46.5 Å². The first kappa shape index (κ1) is 17.8. The Morgan fingerprint density at radius 3 is 2.78 bits per heavy atom. The van der Waals surface area contributed by atoms with E-state index in [1.165, 1.54) is 16.5 Å². The summed E-state index contributed by atoms with van der Waals surface area (Å²) >= 11 is 0. The summed E-state index contributed by atoms with van der Waals surface area (Å²) in [5, 5.41) is 1.20. The van der Waals surface area contributed by atoms with E-state index in [0.29, 0.717) is 12.6 Å². The number of hydrogen-bond acceptors (Lipinski definition) is 2. The summed E-state index contributed by atoms with van der Waals surface area (Å²) in [5.41, 5.74) is 3.69. The number of hydrogen-bond donors (Lipinski definition) is 0. The number of amides is 1. The maximum absolute atomic E-state index is 12.8. The van der Waals surface area contributed by atoms with Crippen molar-refractivity contribution in [3.05, 3.63) is 71.9 Å². The van der Waals surface area contributed by atoms with Gasteiger partial charge in [-0.2, -0.15) is 0 Å². The predicted octanol–water partition coefficient (Wildman–Crippen LogP) is 3.68. The lowest BCUT2D eigenvalue weighted by atomic mass is 10.1. The fourth-order valence-corrected chi connectivity index (χ4v) is 4.03. The van der Waals surface area contributed by atoms with Crippen LogP contribution in [0, 0.1) is 6.92 Å². The van der Waals surface area contributed by atoms with Crippen LogP contribution < -0.4 is 0 Å². The van der Waals surface area contributed by atoms with Gasteiger partial charge >= 0.3 is 0 Å². The van der Waals surface area contributed by atoms with Gasteiger partial charge in [-0.1, -0.05) is 42.0 Å². The minimum atomic E-state index is 0.212. The van der Waals surface area contributed by atoms with Crippen LogP contribution >= 0.6 is 0 Å². The molecule has 1 saturated heterocycles. The molecule has 0 N–H and O–H groups in total. The molecule has 0 radical (unpaired) electrons. The summed E-state index contributed by atoms with van der Waals surface area (Å²) in [6.45, 7) is 5.11. The molecule has 1 fully saturated rings. The number of benzene rings is 2. The number of fused-ring (bicyclic) bond motifs is 1. The van der Waals surface area contributed by atoms with Crippen LogP contribution in [0.5, 0.6) is 0 Å². The molecule has 2 aromatic carbocycles. The lowest BCUT2D eigenvalue weighted by Crippen LogP contribution is -2.37. The average Bonchev–Trinajstić information content (AvgIpc) is 3.30. The monoisotopic (exact) mass is 361 g/mol. The smallest absolute Gasteiger partial charge is 0.242 e. The third kappa shape index (κ3) is 3.91. The van der Waals surface area contributed by atoms with Gasteiger partial charge in [-0.25, -0.2) is 0 Å². The molecular weight excluding hydrogens is 334 g/mol. The third-order valence-electron chi connectivity index (χ3n) is 5.65. The first-order valence-electron chi connectivity index (χ1n) is 9.67. The Kier molecular flexibility index (Phi) is 4.99. The van der Waals surface area contributed by atoms with E-state index in [-0.39, 0.29) is 5.91 Å². The molecule has 1 aliphatic rings. The second-order valence-electron chi connectivity index (χ2n) is 7.69. The minimum Gasteiger partial charge on any atom is -0.340 e. The van der Waals surface area contributed by atoms with E-state index in [1.54, 1.807) is 0 Å². The summed E-state index contributed by atoms with van der Waals surface area (Å²) in [6, 6.07) is 19.4. The van der Waals surface area contributed by atoms with Gasteiger partial charge in [0.15, 0.2) is 0 Å². The molecule has 27 heavy (non-hydrogen) atoms. The normalized spacial score (nSPS) is 17.1. The van der Waals surface area contributed by atoms with Crippen molar-refractivity contribution in [1.29, 1.82) is 0 Å². The van der Waals surface area contributed by atoms with Crippen molar-refractivity contribution in [2.45, 2.75) is 32.5 Å². The standard InChI is InChI=1S/C23H27N3O/c1-18-8-9-22-20(14-18)10-12-25(22)17-23(27)26-13-11-21(16-26)24(2)15-19-6-4-3-5-7-19/h3-10,12,14,21H,11,13,15-17H2,1-2H3. The minimum absolute atomic E-state index is 0.212. The van der Waals surface area contributed by atoms with Gasteiger partial charge in [-0.15, -0.1) is 0 Å². The van der Waals surface area contributed by atoms with Crippen LogP contribution in [0.2, 0.25) is 0 Å². The molecule has 4 rings (SSSR count). The maximum Gasteiger partial charge on any atom is 0.242 e. The Bertz CT molecular complexity index is 931. The van der Waals surface area contributed by atoms with Crippen molar-refractivity contribution in [2.24, 2.45) is 0 Å². The molecule has 4 nitrogen and oxygen atoms in total. The summed E-state index contributed by atoms with van der Waals surface area (Å²) in [7, 11) is 2.16. The number of aromatic nitrogens is 1. The van der Waals surface area contributed by atoms with Gasteiger partial charge in [0.1, 0.15) is 6.54 Å². The molecule has 140 valence electrons. The van der Waals surface area contributed by atoms with Crippen molar-refractivity contribution in [3.8, 4) is 0 Å². The molecule has 0 bridgehead atoms. The molecule has 2 heterocycles. The summed E-state index contributed by atoms with van der Waals surface area (Å²) in [4.78, 5) is 17.2. The van der Waals surface area contributed by atoms with E-state index < -0.39 is 0 Å². The van der Waals surface area contributed by atoms with Crippen molar-refractivity contribution in [1.82, 2.24) is 14.4 Å². The molecule has 1 aromatic heterocycles. The first-order valence-corrected chi connectivity index (χ1v) is 9.67. The van der Waals surface area contributed by atoms with Crippen LogP contribution in [0.1, 0.15) is 17.5 Å². The molecule has 0 aliphatic carbocycles. The van der Waals surface area contributed by atoms with Crippen LogP contribution in [-0.2, 0) is 17.9 Å². The average molecular weight is 361 g/mol. The Labute approximate surface area is 161 Å². The van der Waals surface area contributed by atoms with E-state index in [2.05, 4.69) is 72.0 Å². The van der Waals surface area contributed by atoms with Gasteiger partial charge in [-0.05, 0) is 49.5 Å². The van der Waals surface area contributed by atoms with E-state index >= 15 is 0 Å². The van der Waals surface area contributed by atoms with E-state index in [4.69, 9.17) is 0 Å². The molecule has 1 unspecified atom stereocenters. The number of carbonyl (C=O) groups excluding carboxylic acids is 1. The Hall–Kier alpha value is -2.59. The van der Waals surface area contributed by atoms with Gasteiger partial charge in [0, 0.05) is 37.4 Å². The first-order chi connectivity index (χ1) is 13.1. The lowest BCUT2D eigenvalue weighted by Gasteiger charge is -2.25. The number of likely N-dealkylation sites (N-methyl/N-ethyl adjacent to an activating group) is 1. The third-order valence-corrected chi connectivity index (χ3v) is 5.65. The van der Waals surface area contributed by atoms with Crippen molar-refractivity contribution >= 4 is 16.8 Å². The highest BCUT2D eigenvalue weighted by Gasteiger charge is 2.28. The number of carbonyl (C=O) groups is 1. The van der Waals surface area contributed by atoms with Gasteiger partial charge < -0.3 is 9.47 Å². The summed E-state index contributed by atoms with van der Waals surface area (Å²) in [5.74, 6) is 0.212. The van der Waals surface area contributed by atoms with Crippen LogP contribution in [0.15, 0.2) is 60.8 Å². The molecule has 1 amide bonds. The van der Waals surface area contributed by atoms with Crippen molar-refractivity contribution in [3.63, 3.8) is 0 Å². The fraction of sp³-hybridized carbons (Fsp3) is 0.348. The zero-order valence-electron chi connectivity index (χ0n) is 16.1. The Balaban J connectivity index is 1.37. The highest BCUT2D eigenvalue weighted by Crippen LogP contribution is 2.20. The number of likely N-dealkylation sites (tertiary alicyclic amines) is 1. The maximum atomic E-state index is 12.8. The zero-order valence-corrected chi connectivity index (χ0v) is 16.1. The van der Waals surface area contributed by atoms with Gasteiger partial charge in [-0.3, -0.25) is 9.69 Å². The van der Waals surface area contributed by atoms with E-state index in [9.17, 15) is 4.79 Å². The molecule has 0 saturated carbocycles. The van der Waals surface area contributed by atoms with Crippen LogP contribution in [0.4, 0.5) is 0 Å². The molecule has 1 aliphatic heterocycles. The Morgan fingerprint density at radius 2 is 1.96 bits per heavy atom.